The third kappa shape index (κ3) is 5.04. The molecule has 1 aliphatic rings. The Balaban J connectivity index is 1.20. The van der Waals surface area contributed by atoms with E-state index in [0.29, 0.717) is 19.0 Å². The largest absolute Gasteiger partial charge is 0.474 e. The lowest BCUT2D eigenvalue weighted by Gasteiger charge is -2.15. The van der Waals surface area contributed by atoms with Crippen LogP contribution in [0.5, 0.6) is 5.88 Å². The molecular weight excluding hydrogens is 366 g/mol. The molecule has 0 bridgehead atoms. The second kappa shape index (κ2) is 9.41. The van der Waals surface area contributed by atoms with Gasteiger partial charge in [0.25, 0.3) is 0 Å². The summed E-state index contributed by atoms with van der Waals surface area (Å²) in [4.78, 5) is 20.9. The first-order valence-electron chi connectivity index (χ1n) is 10.3. The van der Waals surface area contributed by atoms with Crippen molar-refractivity contribution in [1.82, 2.24) is 25.2 Å². The summed E-state index contributed by atoms with van der Waals surface area (Å²) in [6, 6.07) is 11.7. The van der Waals surface area contributed by atoms with Crippen molar-refractivity contribution < 1.29 is 9.53 Å². The van der Waals surface area contributed by atoms with E-state index in [1.807, 2.05) is 36.7 Å². The minimum atomic E-state index is -0.184. The predicted molar refractivity (Wildman–Crippen MR) is 112 cm³/mol. The molecule has 1 aromatic carbocycles. The van der Waals surface area contributed by atoms with Crippen molar-refractivity contribution in [3.63, 3.8) is 0 Å². The first-order valence-corrected chi connectivity index (χ1v) is 10.3. The summed E-state index contributed by atoms with van der Waals surface area (Å²) in [7, 11) is 0. The molecule has 0 saturated heterocycles. The van der Waals surface area contributed by atoms with Gasteiger partial charge < -0.3 is 19.9 Å². The smallest absolute Gasteiger partial charge is 0.315 e. The maximum Gasteiger partial charge on any atom is 0.315 e. The van der Waals surface area contributed by atoms with Gasteiger partial charge in [0.05, 0.1) is 17.4 Å². The molecule has 29 heavy (non-hydrogen) atoms. The van der Waals surface area contributed by atoms with Crippen LogP contribution in [0.15, 0.2) is 48.9 Å². The molecule has 1 saturated carbocycles. The Kier molecular flexibility index (Phi) is 6.24. The number of ether oxygens (including phenoxy) is 1. The summed E-state index contributed by atoms with van der Waals surface area (Å²) in [6.45, 7) is 1.80. The Hall–Kier alpha value is -3.09. The fourth-order valence-electron chi connectivity index (χ4n) is 3.71. The topological polar surface area (TPSA) is 81.1 Å². The molecule has 2 amide bonds. The second-order valence-electron chi connectivity index (χ2n) is 7.38. The number of fused-ring (bicyclic) bond motifs is 1. The summed E-state index contributed by atoms with van der Waals surface area (Å²) in [5.74, 6) is 0.631. The van der Waals surface area contributed by atoms with Crippen LogP contribution < -0.4 is 15.4 Å². The standard InChI is InChI=1S/C22H27N5O2/c28-22(24-13-6-14-27-16-26-19-10-3-4-11-20(19)27)25-15-17-7-5-12-23-21(17)29-18-8-1-2-9-18/h3-5,7,10-12,16,18H,1-2,6,8-9,13-15H2,(H2,24,25,28). The number of amides is 2. The van der Waals surface area contributed by atoms with Gasteiger partial charge in [-0.25, -0.2) is 14.8 Å². The first-order chi connectivity index (χ1) is 14.3. The number of rotatable bonds is 8. The predicted octanol–water partition coefficient (Wildman–Crippen LogP) is 3.64. The fraction of sp³-hybridized carbons (Fsp3) is 0.409. The number of aryl methyl sites for hydroxylation is 1. The van der Waals surface area contributed by atoms with Gasteiger partial charge in [0, 0.05) is 31.4 Å². The zero-order valence-electron chi connectivity index (χ0n) is 16.5. The van der Waals surface area contributed by atoms with Gasteiger partial charge in [-0.15, -0.1) is 0 Å². The molecular formula is C22H27N5O2. The number of aromatic nitrogens is 3. The number of carbonyl (C=O) groups is 1. The number of pyridine rings is 1. The molecule has 2 heterocycles. The van der Waals surface area contributed by atoms with E-state index in [-0.39, 0.29) is 12.1 Å². The lowest BCUT2D eigenvalue weighted by Crippen LogP contribution is -2.36. The molecule has 2 aromatic heterocycles. The van der Waals surface area contributed by atoms with Gasteiger partial charge in [-0.05, 0) is 50.3 Å². The maximum atomic E-state index is 12.1. The monoisotopic (exact) mass is 393 g/mol. The van der Waals surface area contributed by atoms with Gasteiger partial charge in [-0.3, -0.25) is 0 Å². The Morgan fingerprint density at radius 1 is 1.10 bits per heavy atom. The van der Waals surface area contributed by atoms with Gasteiger partial charge in [-0.1, -0.05) is 18.2 Å². The fourth-order valence-corrected chi connectivity index (χ4v) is 3.71. The van der Waals surface area contributed by atoms with Gasteiger partial charge in [0.15, 0.2) is 0 Å². The summed E-state index contributed by atoms with van der Waals surface area (Å²) < 4.78 is 8.13. The SMILES string of the molecule is O=C(NCCCn1cnc2ccccc21)NCc1cccnc1OC1CCCC1. The molecule has 0 spiro atoms. The van der Waals surface area contributed by atoms with Crippen LogP contribution >= 0.6 is 0 Å². The highest BCUT2D eigenvalue weighted by Gasteiger charge is 2.18. The minimum Gasteiger partial charge on any atom is -0.474 e. The van der Waals surface area contributed by atoms with Crippen molar-refractivity contribution in [2.24, 2.45) is 0 Å². The highest BCUT2D eigenvalue weighted by Crippen LogP contribution is 2.24. The molecule has 7 nitrogen and oxygen atoms in total. The average molecular weight is 393 g/mol. The molecule has 3 aromatic rings. The zero-order chi connectivity index (χ0) is 19.9. The van der Waals surface area contributed by atoms with Crippen LogP contribution in [-0.4, -0.2) is 33.2 Å². The number of para-hydroxylation sites is 2. The van der Waals surface area contributed by atoms with Crippen LogP contribution in [0.4, 0.5) is 4.79 Å². The molecule has 2 N–H and O–H groups in total. The van der Waals surface area contributed by atoms with E-state index in [2.05, 4.69) is 31.2 Å². The van der Waals surface area contributed by atoms with Crippen LogP contribution in [-0.2, 0) is 13.1 Å². The molecule has 0 radical (unpaired) electrons. The summed E-state index contributed by atoms with van der Waals surface area (Å²) >= 11 is 0. The van der Waals surface area contributed by atoms with Crippen LogP contribution in [0.25, 0.3) is 11.0 Å². The number of benzene rings is 1. The highest BCUT2D eigenvalue weighted by atomic mass is 16.5. The van der Waals surface area contributed by atoms with Crippen molar-refractivity contribution in [2.75, 3.05) is 6.54 Å². The molecule has 152 valence electrons. The number of nitrogens with one attached hydrogen (secondary N) is 2. The Bertz CT molecular complexity index is 949. The number of hydrogen-bond donors (Lipinski definition) is 2. The summed E-state index contributed by atoms with van der Waals surface area (Å²) in [5, 5.41) is 5.81. The lowest BCUT2D eigenvalue weighted by molar-refractivity contribution is 0.198. The van der Waals surface area contributed by atoms with Crippen molar-refractivity contribution in [1.29, 1.82) is 0 Å². The second-order valence-corrected chi connectivity index (χ2v) is 7.38. The summed E-state index contributed by atoms with van der Waals surface area (Å²) in [6.07, 6.45) is 9.23. The van der Waals surface area contributed by atoms with Gasteiger partial charge in [0.1, 0.15) is 6.10 Å². The molecule has 1 fully saturated rings. The van der Waals surface area contributed by atoms with Crippen LogP contribution in [0.3, 0.4) is 0 Å². The number of urea groups is 1. The average Bonchev–Trinajstić information content (AvgIpc) is 3.40. The highest BCUT2D eigenvalue weighted by molar-refractivity contribution is 5.75. The van der Waals surface area contributed by atoms with E-state index >= 15 is 0 Å². The van der Waals surface area contributed by atoms with Gasteiger partial charge in [-0.2, -0.15) is 0 Å². The van der Waals surface area contributed by atoms with E-state index in [9.17, 15) is 4.79 Å². The quantitative estimate of drug-likeness (QED) is 0.573. The molecule has 0 aliphatic heterocycles. The maximum absolute atomic E-state index is 12.1. The van der Waals surface area contributed by atoms with Crippen molar-refractivity contribution in [3.05, 3.63) is 54.5 Å². The van der Waals surface area contributed by atoms with Gasteiger partial charge in [0.2, 0.25) is 5.88 Å². The van der Waals surface area contributed by atoms with E-state index in [4.69, 9.17) is 4.74 Å². The van der Waals surface area contributed by atoms with E-state index in [0.717, 1.165) is 42.4 Å². The molecule has 0 atom stereocenters. The molecule has 0 unspecified atom stereocenters. The summed E-state index contributed by atoms with van der Waals surface area (Å²) in [5.41, 5.74) is 3.01. The zero-order valence-corrected chi connectivity index (χ0v) is 16.5. The number of nitrogens with zero attached hydrogens (tertiary/aromatic N) is 3. The van der Waals surface area contributed by atoms with Crippen LogP contribution in [0, 0.1) is 0 Å². The van der Waals surface area contributed by atoms with E-state index in [1.165, 1.54) is 12.8 Å². The lowest BCUT2D eigenvalue weighted by atomic mass is 10.2. The third-order valence-electron chi connectivity index (χ3n) is 5.26. The molecule has 1 aliphatic carbocycles. The molecule has 4 rings (SSSR count). The van der Waals surface area contributed by atoms with Crippen molar-refractivity contribution >= 4 is 17.1 Å². The molecule has 7 heteroatoms. The number of carbonyl (C=O) groups excluding carboxylic acids is 1. The van der Waals surface area contributed by atoms with Crippen LogP contribution in [0.2, 0.25) is 0 Å². The number of hydrogen-bond acceptors (Lipinski definition) is 4. The first kappa shape index (κ1) is 19.2. The minimum absolute atomic E-state index is 0.184. The number of imidazole rings is 1. The van der Waals surface area contributed by atoms with Crippen molar-refractivity contribution in [2.45, 2.75) is 51.3 Å². The van der Waals surface area contributed by atoms with Gasteiger partial charge >= 0.3 is 6.03 Å². The van der Waals surface area contributed by atoms with E-state index < -0.39 is 0 Å². The van der Waals surface area contributed by atoms with E-state index in [1.54, 1.807) is 6.20 Å². The Morgan fingerprint density at radius 2 is 1.97 bits per heavy atom. The Morgan fingerprint density at radius 3 is 2.86 bits per heavy atom. The normalized spacial score (nSPS) is 14.2. The van der Waals surface area contributed by atoms with Crippen molar-refractivity contribution in [3.8, 4) is 5.88 Å². The Labute approximate surface area is 170 Å². The third-order valence-corrected chi connectivity index (χ3v) is 5.26. The van der Waals surface area contributed by atoms with Crippen LogP contribution in [0.1, 0.15) is 37.7 Å².